The van der Waals surface area contributed by atoms with E-state index in [0.29, 0.717) is 17.9 Å². The molecule has 6 heteroatoms. The third-order valence-electron chi connectivity index (χ3n) is 2.95. The summed E-state index contributed by atoms with van der Waals surface area (Å²) in [5.41, 5.74) is 6.43. The maximum absolute atomic E-state index is 12.1. The summed E-state index contributed by atoms with van der Waals surface area (Å²) in [6, 6.07) is 7.01. The van der Waals surface area contributed by atoms with Gasteiger partial charge in [0.05, 0.1) is 24.1 Å². The molecular weight excluding hydrogens is 276 g/mol. The van der Waals surface area contributed by atoms with E-state index in [1.54, 1.807) is 24.3 Å². The molecule has 0 radical (unpaired) electrons. The van der Waals surface area contributed by atoms with E-state index >= 15 is 0 Å². The Bertz CT molecular complexity index is 611. The van der Waals surface area contributed by atoms with Crippen molar-refractivity contribution in [3.8, 4) is 11.8 Å². The maximum atomic E-state index is 12.1. The summed E-state index contributed by atoms with van der Waals surface area (Å²) in [7, 11) is -3.44. The average Bonchev–Trinajstić information content (AvgIpc) is 2.89. The summed E-state index contributed by atoms with van der Waals surface area (Å²) in [4.78, 5) is 0. The monoisotopic (exact) mass is 294 g/mol. The molecule has 3 N–H and O–H groups in total. The fourth-order valence-electron chi connectivity index (χ4n) is 2.06. The molecule has 5 nitrogen and oxygen atoms in total. The van der Waals surface area contributed by atoms with E-state index < -0.39 is 10.0 Å². The number of para-hydroxylation sites is 1. The lowest BCUT2D eigenvalue weighted by molar-refractivity contribution is 0.127. The van der Waals surface area contributed by atoms with Gasteiger partial charge in [-0.15, -0.1) is 0 Å². The van der Waals surface area contributed by atoms with Crippen molar-refractivity contribution in [3.05, 3.63) is 29.8 Å². The molecule has 2 rings (SSSR count). The van der Waals surface area contributed by atoms with Gasteiger partial charge in [-0.25, -0.2) is 8.42 Å². The molecule has 1 atom stereocenters. The predicted molar refractivity (Wildman–Crippen MR) is 78.8 cm³/mol. The lowest BCUT2D eigenvalue weighted by atomic mass is 10.2. The van der Waals surface area contributed by atoms with E-state index in [2.05, 4.69) is 16.6 Å². The van der Waals surface area contributed by atoms with E-state index in [1.807, 2.05) is 0 Å². The van der Waals surface area contributed by atoms with Crippen LogP contribution in [0.25, 0.3) is 0 Å². The van der Waals surface area contributed by atoms with Crippen molar-refractivity contribution in [2.75, 3.05) is 23.6 Å². The van der Waals surface area contributed by atoms with Crippen LogP contribution in [0.4, 0.5) is 5.69 Å². The molecule has 0 aromatic heterocycles. The first-order valence-corrected chi connectivity index (χ1v) is 8.16. The highest BCUT2D eigenvalue weighted by molar-refractivity contribution is 7.92. The lowest BCUT2D eigenvalue weighted by Gasteiger charge is -2.13. The van der Waals surface area contributed by atoms with Crippen LogP contribution in [0.15, 0.2) is 24.3 Å². The van der Waals surface area contributed by atoms with Gasteiger partial charge in [-0.1, -0.05) is 24.0 Å². The first kappa shape index (κ1) is 14.9. The number of sulfonamides is 1. The third kappa shape index (κ3) is 4.23. The summed E-state index contributed by atoms with van der Waals surface area (Å²) in [5.74, 6) is 5.56. The van der Waals surface area contributed by atoms with Crippen LogP contribution >= 0.6 is 0 Å². The molecule has 0 spiro atoms. The molecule has 1 aliphatic heterocycles. The van der Waals surface area contributed by atoms with E-state index in [1.165, 1.54) is 0 Å². The van der Waals surface area contributed by atoms with E-state index in [0.717, 1.165) is 12.8 Å². The number of benzene rings is 1. The van der Waals surface area contributed by atoms with E-state index in [-0.39, 0.29) is 18.4 Å². The van der Waals surface area contributed by atoms with Crippen molar-refractivity contribution in [1.82, 2.24) is 0 Å². The molecule has 1 aromatic rings. The molecule has 0 saturated carbocycles. The highest BCUT2D eigenvalue weighted by Gasteiger charge is 2.23. The number of ether oxygens (including phenoxy) is 1. The Morgan fingerprint density at radius 2 is 2.20 bits per heavy atom. The molecule has 0 bridgehead atoms. The van der Waals surface area contributed by atoms with Crippen LogP contribution in [0.1, 0.15) is 18.4 Å². The quantitative estimate of drug-likeness (QED) is 0.809. The first-order chi connectivity index (χ1) is 9.61. The molecule has 1 unspecified atom stereocenters. The summed E-state index contributed by atoms with van der Waals surface area (Å²) in [6.07, 6.45) is 1.49. The summed E-state index contributed by atoms with van der Waals surface area (Å²) < 4.78 is 32.2. The van der Waals surface area contributed by atoms with Crippen molar-refractivity contribution in [2.24, 2.45) is 5.73 Å². The average molecular weight is 294 g/mol. The maximum Gasteiger partial charge on any atom is 0.235 e. The predicted octanol–water partition coefficient (Wildman–Crippen LogP) is 0.917. The minimum atomic E-state index is -3.44. The normalized spacial score (nSPS) is 18.4. The number of hydrogen-bond donors (Lipinski definition) is 2. The molecule has 20 heavy (non-hydrogen) atoms. The highest BCUT2D eigenvalue weighted by atomic mass is 32.2. The van der Waals surface area contributed by atoms with Crippen LogP contribution < -0.4 is 10.5 Å². The molecule has 1 heterocycles. The van der Waals surface area contributed by atoms with Gasteiger partial charge in [0.15, 0.2) is 0 Å². The lowest BCUT2D eigenvalue weighted by Crippen LogP contribution is -2.26. The Morgan fingerprint density at radius 3 is 2.90 bits per heavy atom. The smallest absolute Gasteiger partial charge is 0.235 e. The second kappa shape index (κ2) is 6.75. The minimum absolute atomic E-state index is 0.0222. The number of nitrogens with two attached hydrogens (primary N) is 1. The van der Waals surface area contributed by atoms with Gasteiger partial charge in [-0.2, -0.15) is 0 Å². The highest BCUT2D eigenvalue weighted by Crippen LogP contribution is 2.18. The molecule has 0 amide bonds. The van der Waals surface area contributed by atoms with Crippen LogP contribution in [0.3, 0.4) is 0 Å². The molecule has 1 fully saturated rings. The van der Waals surface area contributed by atoms with Crippen LogP contribution in [-0.4, -0.2) is 33.4 Å². The molecule has 0 aliphatic carbocycles. The topological polar surface area (TPSA) is 81.4 Å². The van der Waals surface area contributed by atoms with Crippen LogP contribution in [0, 0.1) is 11.8 Å². The number of anilines is 1. The molecule has 1 aliphatic rings. The fraction of sp³-hybridized carbons (Fsp3) is 0.429. The zero-order chi connectivity index (χ0) is 14.4. The van der Waals surface area contributed by atoms with Gasteiger partial charge >= 0.3 is 0 Å². The summed E-state index contributed by atoms with van der Waals surface area (Å²) in [6.45, 7) is 0.871. The third-order valence-corrected chi connectivity index (χ3v) is 4.29. The number of nitrogens with one attached hydrogen (secondary N) is 1. The zero-order valence-corrected chi connectivity index (χ0v) is 11.9. The zero-order valence-electron chi connectivity index (χ0n) is 11.1. The van der Waals surface area contributed by atoms with Crippen molar-refractivity contribution >= 4 is 15.7 Å². The Hall–Kier alpha value is -1.55. The molecular formula is C14H18N2O3S. The van der Waals surface area contributed by atoms with Gasteiger partial charge in [0.25, 0.3) is 0 Å². The Labute approximate surface area is 119 Å². The van der Waals surface area contributed by atoms with Crippen molar-refractivity contribution in [3.63, 3.8) is 0 Å². The van der Waals surface area contributed by atoms with Gasteiger partial charge in [-0.3, -0.25) is 4.72 Å². The van der Waals surface area contributed by atoms with Gasteiger partial charge in [-0.05, 0) is 25.0 Å². The summed E-state index contributed by atoms with van der Waals surface area (Å²) in [5, 5.41) is 0. The van der Waals surface area contributed by atoms with Gasteiger partial charge in [0, 0.05) is 12.2 Å². The van der Waals surface area contributed by atoms with Crippen LogP contribution in [0.5, 0.6) is 0 Å². The van der Waals surface area contributed by atoms with Crippen molar-refractivity contribution in [2.45, 2.75) is 18.9 Å². The van der Waals surface area contributed by atoms with Crippen LogP contribution in [-0.2, 0) is 14.8 Å². The molecule has 1 saturated heterocycles. The van der Waals surface area contributed by atoms with E-state index in [4.69, 9.17) is 10.5 Å². The Morgan fingerprint density at radius 1 is 1.40 bits per heavy atom. The first-order valence-electron chi connectivity index (χ1n) is 6.51. The second-order valence-electron chi connectivity index (χ2n) is 4.57. The van der Waals surface area contributed by atoms with Crippen molar-refractivity contribution < 1.29 is 13.2 Å². The van der Waals surface area contributed by atoms with Gasteiger partial charge in [0.2, 0.25) is 10.0 Å². The number of rotatable bonds is 4. The van der Waals surface area contributed by atoms with E-state index in [9.17, 15) is 8.42 Å². The molecule has 1 aromatic carbocycles. The van der Waals surface area contributed by atoms with Crippen LogP contribution in [0.2, 0.25) is 0 Å². The fourth-order valence-corrected chi connectivity index (χ4v) is 3.41. The number of hydrogen-bond acceptors (Lipinski definition) is 4. The summed E-state index contributed by atoms with van der Waals surface area (Å²) >= 11 is 0. The standard InChI is InChI=1S/C14H18N2O3S/c15-9-3-6-12-5-1-2-8-14(12)16-20(17,18)11-13-7-4-10-19-13/h1-2,5,8,13,16H,4,7,9-11,15H2. The van der Waals surface area contributed by atoms with Crippen molar-refractivity contribution in [1.29, 1.82) is 0 Å². The Kier molecular flexibility index (Phi) is 5.01. The largest absolute Gasteiger partial charge is 0.377 e. The second-order valence-corrected chi connectivity index (χ2v) is 6.34. The Balaban J connectivity index is 2.12. The van der Waals surface area contributed by atoms with Gasteiger partial charge in [0.1, 0.15) is 0 Å². The molecule has 108 valence electrons. The van der Waals surface area contributed by atoms with Gasteiger partial charge < -0.3 is 10.5 Å². The SMILES string of the molecule is NCC#Cc1ccccc1NS(=O)(=O)CC1CCCO1. The minimum Gasteiger partial charge on any atom is -0.377 e.